The van der Waals surface area contributed by atoms with Gasteiger partial charge in [-0.1, -0.05) is 36.4 Å². The van der Waals surface area contributed by atoms with E-state index in [4.69, 9.17) is 5.73 Å². The summed E-state index contributed by atoms with van der Waals surface area (Å²) in [5.74, 6) is -0.227. The van der Waals surface area contributed by atoms with Crippen molar-refractivity contribution in [3.63, 3.8) is 0 Å². The number of nitrogens with two attached hydrogens (primary N) is 1. The monoisotopic (exact) mass is 361 g/mol. The van der Waals surface area contributed by atoms with Crippen LogP contribution in [0.25, 0.3) is 0 Å². The fourth-order valence-corrected chi connectivity index (χ4v) is 3.25. The van der Waals surface area contributed by atoms with Gasteiger partial charge in [-0.3, -0.25) is 4.79 Å². The largest absolute Gasteiger partial charge is 0.337 e. The number of rotatable bonds is 8. The first-order valence-corrected chi connectivity index (χ1v) is 9.53. The summed E-state index contributed by atoms with van der Waals surface area (Å²) in [5.41, 5.74) is 7.10. The number of amides is 1. The standard InChI is InChI=1S/C18H23N3O3S/c1-20-25(23,24)17-9-5-8-16(14-17)18(22)21(13-11-19)12-10-15-6-3-2-4-7-15/h2-9,14,20H,10-13,19H2,1H3. The number of sulfonamides is 1. The number of nitrogens with one attached hydrogen (secondary N) is 1. The SMILES string of the molecule is CNS(=O)(=O)c1cccc(C(=O)N(CCN)CCc2ccccc2)c1. The molecule has 1 amide bonds. The highest BCUT2D eigenvalue weighted by Gasteiger charge is 2.18. The highest BCUT2D eigenvalue weighted by molar-refractivity contribution is 7.89. The average Bonchev–Trinajstić information content (AvgIpc) is 2.65. The predicted octanol–water partition coefficient (Wildman–Crippen LogP) is 1.24. The molecule has 0 aliphatic rings. The molecule has 134 valence electrons. The molecule has 2 rings (SSSR count). The van der Waals surface area contributed by atoms with Gasteiger partial charge in [0, 0.05) is 25.2 Å². The zero-order valence-corrected chi connectivity index (χ0v) is 15.0. The van der Waals surface area contributed by atoms with E-state index in [9.17, 15) is 13.2 Å². The van der Waals surface area contributed by atoms with Crippen molar-refractivity contribution in [2.75, 3.05) is 26.7 Å². The van der Waals surface area contributed by atoms with Crippen molar-refractivity contribution in [1.82, 2.24) is 9.62 Å². The first-order valence-electron chi connectivity index (χ1n) is 8.05. The highest BCUT2D eigenvalue weighted by atomic mass is 32.2. The smallest absolute Gasteiger partial charge is 0.253 e. The van der Waals surface area contributed by atoms with Gasteiger partial charge >= 0.3 is 0 Å². The Morgan fingerprint density at radius 2 is 1.80 bits per heavy atom. The van der Waals surface area contributed by atoms with E-state index in [-0.39, 0.29) is 10.8 Å². The van der Waals surface area contributed by atoms with Crippen LogP contribution in [0.4, 0.5) is 0 Å². The van der Waals surface area contributed by atoms with Crippen molar-refractivity contribution in [1.29, 1.82) is 0 Å². The van der Waals surface area contributed by atoms with E-state index in [1.54, 1.807) is 17.0 Å². The summed E-state index contributed by atoms with van der Waals surface area (Å²) in [5, 5.41) is 0. The van der Waals surface area contributed by atoms with Crippen LogP contribution in [0.5, 0.6) is 0 Å². The molecule has 0 bridgehead atoms. The van der Waals surface area contributed by atoms with Crippen molar-refractivity contribution in [3.8, 4) is 0 Å². The molecule has 3 N–H and O–H groups in total. The third-order valence-corrected chi connectivity index (χ3v) is 5.27. The minimum atomic E-state index is -3.59. The van der Waals surface area contributed by atoms with Crippen molar-refractivity contribution in [2.24, 2.45) is 5.73 Å². The van der Waals surface area contributed by atoms with Gasteiger partial charge < -0.3 is 10.6 Å². The van der Waals surface area contributed by atoms with Gasteiger partial charge in [-0.25, -0.2) is 13.1 Å². The number of benzene rings is 2. The molecular weight excluding hydrogens is 338 g/mol. The van der Waals surface area contributed by atoms with Crippen LogP contribution in [0.3, 0.4) is 0 Å². The molecule has 0 saturated heterocycles. The predicted molar refractivity (Wildman–Crippen MR) is 97.8 cm³/mol. The lowest BCUT2D eigenvalue weighted by Crippen LogP contribution is -2.37. The van der Waals surface area contributed by atoms with E-state index in [1.807, 2.05) is 30.3 Å². The zero-order chi connectivity index (χ0) is 18.3. The third kappa shape index (κ3) is 5.12. The lowest BCUT2D eigenvalue weighted by molar-refractivity contribution is 0.0762. The molecule has 25 heavy (non-hydrogen) atoms. The molecule has 2 aromatic carbocycles. The molecule has 0 heterocycles. The van der Waals surface area contributed by atoms with Gasteiger partial charge in [0.1, 0.15) is 0 Å². The number of carbonyl (C=O) groups is 1. The molecule has 0 spiro atoms. The second kappa shape index (κ2) is 8.75. The van der Waals surface area contributed by atoms with Crippen LogP contribution in [-0.4, -0.2) is 45.9 Å². The number of hydrogen-bond donors (Lipinski definition) is 2. The molecule has 2 aromatic rings. The second-order valence-corrected chi connectivity index (χ2v) is 7.44. The summed E-state index contributed by atoms with van der Waals surface area (Å²) in [4.78, 5) is 14.5. The number of nitrogens with zero attached hydrogens (tertiary/aromatic N) is 1. The Bertz CT molecular complexity index is 807. The summed E-state index contributed by atoms with van der Waals surface area (Å²) in [6, 6.07) is 15.9. The Morgan fingerprint density at radius 1 is 1.08 bits per heavy atom. The highest BCUT2D eigenvalue weighted by Crippen LogP contribution is 2.13. The van der Waals surface area contributed by atoms with Crippen LogP contribution in [0.2, 0.25) is 0 Å². The van der Waals surface area contributed by atoms with Crippen molar-refractivity contribution >= 4 is 15.9 Å². The molecule has 0 radical (unpaired) electrons. The summed E-state index contributed by atoms with van der Waals surface area (Å²) in [6.07, 6.45) is 0.709. The van der Waals surface area contributed by atoms with Crippen LogP contribution in [0.1, 0.15) is 15.9 Å². The number of hydrogen-bond acceptors (Lipinski definition) is 4. The molecule has 0 saturated carbocycles. The lowest BCUT2D eigenvalue weighted by atomic mass is 10.1. The van der Waals surface area contributed by atoms with Gasteiger partial charge in [0.05, 0.1) is 4.90 Å². The Balaban J connectivity index is 2.18. The van der Waals surface area contributed by atoms with Crippen molar-refractivity contribution in [3.05, 3.63) is 65.7 Å². The van der Waals surface area contributed by atoms with Gasteiger partial charge in [-0.05, 0) is 37.2 Å². The summed E-state index contributed by atoms with van der Waals surface area (Å²) in [7, 11) is -2.26. The quantitative estimate of drug-likeness (QED) is 0.740. The molecule has 0 atom stereocenters. The summed E-state index contributed by atoms with van der Waals surface area (Å²) >= 11 is 0. The Morgan fingerprint density at radius 3 is 2.44 bits per heavy atom. The van der Waals surface area contributed by atoms with E-state index in [2.05, 4.69) is 4.72 Å². The van der Waals surface area contributed by atoms with Crippen LogP contribution < -0.4 is 10.5 Å². The minimum Gasteiger partial charge on any atom is -0.337 e. The third-order valence-electron chi connectivity index (χ3n) is 3.86. The van der Waals surface area contributed by atoms with E-state index in [0.717, 1.165) is 5.56 Å². The van der Waals surface area contributed by atoms with E-state index >= 15 is 0 Å². The van der Waals surface area contributed by atoms with Gasteiger partial charge in [0.2, 0.25) is 10.0 Å². The maximum absolute atomic E-state index is 12.8. The maximum Gasteiger partial charge on any atom is 0.253 e. The molecule has 6 nitrogen and oxygen atoms in total. The Hall–Kier alpha value is -2.22. The summed E-state index contributed by atoms with van der Waals surface area (Å²) in [6.45, 7) is 1.27. The lowest BCUT2D eigenvalue weighted by Gasteiger charge is -2.22. The van der Waals surface area contributed by atoms with Crippen LogP contribution in [0, 0.1) is 0 Å². The minimum absolute atomic E-state index is 0.0663. The van der Waals surface area contributed by atoms with Gasteiger partial charge in [0.15, 0.2) is 0 Å². The average molecular weight is 361 g/mol. The van der Waals surface area contributed by atoms with Gasteiger partial charge in [0.25, 0.3) is 5.91 Å². The maximum atomic E-state index is 12.8. The summed E-state index contributed by atoms with van der Waals surface area (Å²) < 4.78 is 26.1. The first-order chi connectivity index (χ1) is 12.0. The number of carbonyl (C=O) groups excluding carboxylic acids is 1. The molecule has 0 aliphatic carbocycles. The molecular formula is C18H23N3O3S. The fourth-order valence-electron chi connectivity index (χ4n) is 2.48. The zero-order valence-electron chi connectivity index (χ0n) is 14.2. The molecule has 0 aromatic heterocycles. The van der Waals surface area contributed by atoms with Crippen molar-refractivity contribution < 1.29 is 13.2 Å². The molecule has 0 fully saturated rings. The molecule has 0 aliphatic heterocycles. The second-order valence-electron chi connectivity index (χ2n) is 5.55. The van der Waals surface area contributed by atoms with E-state index < -0.39 is 10.0 Å². The molecule has 7 heteroatoms. The topological polar surface area (TPSA) is 92.5 Å². The Labute approximate surface area is 148 Å². The first kappa shape index (κ1) is 19.1. The van der Waals surface area contributed by atoms with Crippen LogP contribution in [-0.2, 0) is 16.4 Å². The van der Waals surface area contributed by atoms with Crippen LogP contribution >= 0.6 is 0 Å². The Kier molecular flexibility index (Phi) is 6.69. The van der Waals surface area contributed by atoms with E-state index in [0.29, 0.717) is 31.6 Å². The van der Waals surface area contributed by atoms with E-state index in [1.165, 1.54) is 19.2 Å². The molecule has 0 unspecified atom stereocenters. The normalized spacial score (nSPS) is 11.3. The fraction of sp³-hybridized carbons (Fsp3) is 0.278. The van der Waals surface area contributed by atoms with Crippen LogP contribution in [0.15, 0.2) is 59.5 Å². The van der Waals surface area contributed by atoms with Gasteiger partial charge in [-0.15, -0.1) is 0 Å². The van der Waals surface area contributed by atoms with Gasteiger partial charge in [-0.2, -0.15) is 0 Å². The van der Waals surface area contributed by atoms with Crippen molar-refractivity contribution in [2.45, 2.75) is 11.3 Å².